The number of nitrogens with two attached hydrogens (primary N) is 1. The Balaban J connectivity index is 1.93. The molecule has 1 fully saturated rings. The molecule has 1 aromatic rings. The Kier molecular flexibility index (Phi) is 3.86. The summed E-state index contributed by atoms with van der Waals surface area (Å²) in [6.45, 7) is 0. The summed E-state index contributed by atoms with van der Waals surface area (Å²) >= 11 is 0. The lowest BCUT2D eigenvalue weighted by Crippen LogP contribution is -2.41. The van der Waals surface area contributed by atoms with Crippen LogP contribution in [0.4, 0.5) is 0 Å². The van der Waals surface area contributed by atoms with E-state index in [2.05, 4.69) is 4.98 Å². The van der Waals surface area contributed by atoms with Crippen molar-refractivity contribution in [2.24, 2.45) is 5.73 Å². The smallest absolute Gasteiger partial charge is 0.329 e. The van der Waals surface area contributed by atoms with Gasteiger partial charge in [0.1, 0.15) is 6.04 Å². The molecular weight excluding hydrogens is 250 g/mol. The van der Waals surface area contributed by atoms with Gasteiger partial charge in [-0.1, -0.05) is 6.07 Å². The van der Waals surface area contributed by atoms with Crippen molar-refractivity contribution in [3.63, 3.8) is 0 Å². The van der Waals surface area contributed by atoms with Crippen molar-refractivity contribution in [3.05, 3.63) is 30.1 Å². The quantitative estimate of drug-likeness (QED) is 0.739. The van der Waals surface area contributed by atoms with E-state index in [-0.39, 0.29) is 19.3 Å². The molecule has 0 aliphatic carbocycles. The van der Waals surface area contributed by atoms with Gasteiger partial charge in [0.2, 0.25) is 0 Å². The van der Waals surface area contributed by atoms with Crippen LogP contribution in [0.5, 0.6) is 0 Å². The second-order valence-electron chi connectivity index (χ2n) is 4.16. The predicted octanol–water partition coefficient (Wildman–Crippen LogP) is -0.441. The SMILES string of the molecule is N[C@@H](Cc1cccnc1)C(=O)ON1C(=O)CCC1=O. The van der Waals surface area contributed by atoms with E-state index in [0.29, 0.717) is 5.06 Å². The van der Waals surface area contributed by atoms with Crippen molar-refractivity contribution in [2.45, 2.75) is 25.3 Å². The Hall–Kier alpha value is -2.28. The standard InChI is InChI=1S/C12H13N3O4/c13-9(6-8-2-1-5-14-7-8)12(18)19-15-10(16)3-4-11(15)17/h1-2,5,7,9H,3-4,6,13H2/t9-/m0/s1. The molecule has 2 amide bonds. The number of hydrogen-bond donors (Lipinski definition) is 1. The van der Waals surface area contributed by atoms with E-state index < -0.39 is 23.8 Å². The summed E-state index contributed by atoms with van der Waals surface area (Å²) in [5, 5.41) is 0.492. The van der Waals surface area contributed by atoms with Crippen LogP contribution < -0.4 is 5.73 Å². The summed E-state index contributed by atoms with van der Waals surface area (Å²) < 4.78 is 0. The number of aromatic nitrogens is 1. The third-order valence-corrected chi connectivity index (χ3v) is 2.67. The van der Waals surface area contributed by atoms with Gasteiger partial charge in [0.15, 0.2) is 0 Å². The molecule has 7 heteroatoms. The molecule has 2 N–H and O–H groups in total. The lowest BCUT2D eigenvalue weighted by atomic mass is 10.1. The first-order valence-electron chi connectivity index (χ1n) is 5.80. The largest absolute Gasteiger partial charge is 0.350 e. The zero-order chi connectivity index (χ0) is 13.8. The molecule has 19 heavy (non-hydrogen) atoms. The van der Waals surface area contributed by atoms with Gasteiger partial charge in [0.05, 0.1) is 0 Å². The topological polar surface area (TPSA) is 103 Å². The van der Waals surface area contributed by atoms with E-state index in [1.807, 2.05) is 0 Å². The summed E-state index contributed by atoms with van der Waals surface area (Å²) in [6, 6.07) is 2.54. The molecule has 0 saturated carbocycles. The van der Waals surface area contributed by atoms with Gasteiger partial charge in [0.25, 0.3) is 11.8 Å². The van der Waals surface area contributed by atoms with Gasteiger partial charge in [0, 0.05) is 25.2 Å². The maximum absolute atomic E-state index is 11.7. The second-order valence-corrected chi connectivity index (χ2v) is 4.16. The van der Waals surface area contributed by atoms with E-state index >= 15 is 0 Å². The first-order chi connectivity index (χ1) is 9.08. The minimum Gasteiger partial charge on any atom is -0.329 e. The molecule has 100 valence electrons. The number of hydroxylamine groups is 2. The van der Waals surface area contributed by atoms with Crippen LogP contribution in [0.2, 0.25) is 0 Å². The van der Waals surface area contributed by atoms with E-state index in [4.69, 9.17) is 10.6 Å². The van der Waals surface area contributed by atoms with Gasteiger partial charge in [-0.3, -0.25) is 14.6 Å². The van der Waals surface area contributed by atoms with Crippen LogP contribution in [-0.2, 0) is 25.6 Å². The number of nitrogens with zero attached hydrogens (tertiary/aromatic N) is 2. The Morgan fingerprint density at radius 2 is 2.11 bits per heavy atom. The van der Waals surface area contributed by atoms with Crippen LogP contribution in [0.3, 0.4) is 0 Å². The number of imide groups is 1. The number of amides is 2. The van der Waals surface area contributed by atoms with Crippen LogP contribution >= 0.6 is 0 Å². The third kappa shape index (κ3) is 3.14. The first kappa shape index (κ1) is 13.2. The highest BCUT2D eigenvalue weighted by Gasteiger charge is 2.34. The summed E-state index contributed by atoms with van der Waals surface area (Å²) in [4.78, 5) is 42.9. The zero-order valence-electron chi connectivity index (χ0n) is 10.1. The van der Waals surface area contributed by atoms with Crippen molar-refractivity contribution < 1.29 is 19.2 Å². The Morgan fingerprint density at radius 3 is 2.68 bits per heavy atom. The van der Waals surface area contributed by atoms with Crippen LogP contribution in [0, 0.1) is 0 Å². The van der Waals surface area contributed by atoms with Gasteiger partial charge in [-0.15, -0.1) is 5.06 Å². The van der Waals surface area contributed by atoms with E-state index in [0.717, 1.165) is 5.56 Å². The molecule has 1 aliphatic rings. The molecule has 1 saturated heterocycles. The van der Waals surface area contributed by atoms with Gasteiger partial charge in [-0.25, -0.2) is 4.79 Å². The number of rotatable bonds is 4. The highest BCUT2D eigenvalue weighted by Crippen LogP contribution is 2.13. The highest BCUT2D eigenvalue weighted by atomic mass is 16.7. The average molecular weight is 263 g/mol. The monoisotopic (exact) mass is 263 g/mol. The summed E-state index contributed by atoms with van der Waals surface area (Å²) in [6.07, 6.45) is 3.53. The number of pyridine rings is 1. The van der Waals surface area contributed by atoms with Crippen LogP contribution in [-0.4, -0.2) is 33.9 Å². The summed E-state index contributed by atoms with van der Waals surface area (Å²) in [5.74, 6) is -1.86. The molecule has 7 nitrogen and oxygen atoms in total. The molecule has 1 atom stereocenters. The van der Waals surface area contributed by atoms with Crippen molar-refractivity contribution in [2.75, 3.05) is 0 Å². The van der Waals surface area contributed by atoms with Gasteiger partial charge in [-0.05, 0) is 18.1 Å². The molecule has 0 unspecified atom stereocenters. The number of carbonyl (C=O) groups excluding carboxylic acids is 3. The molecule has 0 aromatic carbocycles. The molecule has 1 aliphatic heterocycles. The summed E-state index contributed by atoms with van der Waals surface area (Å²) in [5.41, 5.74) is 6.44. The third-order valence-electron chi connectivity index (χ3n) is 2.67. The van der Waals surface area contributed by atoms with Gasteiger partial charge >= 0.3 is 5.97 Å². The summed E-state index contributed by atoms with van der Waals surface area (Å²) in [7, 11) is 0. The van der Waals surface area contributed by atoms with E-state index in [9.17, 15) is 14.4 Å². The molecule has 0 spiro atoms. The van der Waals surface area contributed by atoms with Gasteiger partial charge in [-0.2, -0.15) is 0 Å². The fraction of sp³-hybridized carbons (Fsp3) is 0.333. The van der Waals surface area contributed by atoms with Crippen molar-refractivity contribution in [3.8, 4) is 0 Å². The Bertz CT molecular complexity index is 487. The van der Waals surface area contributed by atoms with Crippen molar-refractivity contribution in [1.29, 1.82) is 0 Å². The van der Waals surface area contributed by atoms with Crippen molar-refractivity contribution in [1.82, 2.24) is 10.0 Å². The molecule has 2 heterocycles. The van der Waals surface area contributed by atoms with Crippen LogP contribution in [0.25, 0.3) is 0 Å². The predicted molar refractivity (Wildman–Crippen MR) is 63.1 cm³/mol. The van der Waals surface area contributed by atoms with Gasteiger partial charge < -0.3 is 10.6 Å². The maximum Gasteiger partial charge on any atom is 0.350 e. The average Bonchev–Trinajstić information content (AvgIpc) is 2.71. The lowest BCUT2D eigenvalue weighted by molar-refractivity contribution is -0.198. The molecule has 0 bridgehead atoms. The Labute approximate surface area is 109 Å². The minimum atomic E-state index is -0.953. The minimum absolute atomic E-state index is 0.0595. The van der Waals surface area contributed by atoms with Crippen molar-refractivity contribution >= 4 is 17.8 Å². The molecule has 2 rings (SSSR count). The van der Waals surface area contributed by atoms with E-state index in [1.165, 1.54) is 0 Å². The van der Waals surface area contributed by atoms with Crippen LogP contribution in [0.1, 0.15) is 18.4 Å². The fourth-order valence-corrected chi connectivity index (χ4v) is 1.67. The highest BCUT2D eigenvalue weighted by molar-refractivity contribution is 6.01. The van der Waals surface area contributed by atoms with E-state index in [1.54, 1.807) is 24.5 Å². The maximum atomic E-state index is 11.7. The van der Waals surface area contributed by atoms with Crippen LogP contribution in [0.15, 0.2) is 24.5 Å². The second kappa shape index (κ2) is 5.57. The Morgan fingerprint density at radius 1 is 1.42 bits per heavy atom. The molecular formula is C12H13N3O4. The number of hydrogen-bond acceptors (Lipinski definition) is 6. The zero-order valence-corrected chi connectivity index (χ0v) is 10.1. The normalized spacial score (nSPS) is 16.6. The fourth-order valence-electron chi connectivity index (χ4n) is 1.67. The number of carbonyl (C=O) groups is 3. The molecule has 0 radical (unpaired) electrons. The first-order valence-corrected chi connectivity index (χ1v) is 5.80. The molecule has 1 aromatic heterocycles. The lowest BCUT2D eigenvalue weighted by Gasteiger charge is -2.16.